The van der Waals surface area contributed by atoms with Crippen LogP contribution in [0.3, 0.4) is 0 Å². The van der Waals surface area contributed by atoms with Gasteiger partial charge in [0.1, 0.15) is 29.0 Å². The van der Waals surface area contributed by atoms with E-state index in [4.69, 9.17) is 73.8 Å². The topological polar surface area (TPSA) is 260 Å². The lowest BCUT2D eigenvalue weighted by molar-refractivity contribution is -0.137. The number of hydrogen-bond acceptors (Lipinski definition) is 18. The first-order valence-electron chi connectivity index (χ1n) is 41.2. The van der Waals surface area contributed by atoms with E-state index in [-0.39, 0.29) is 148 Å². The van der Waals surface area contributed by atoms with E-state index in [0.29, 0.717) is 67.0 Å². The Balaban J connectivity index is 0.000000145. The van der Waals surface area contributed by atoms with Crippen molar-refractivity contribution >= 4 is 199 Å². The van der Waals surface area contributed by atoms with Crippen molar-refractivity contribution in [1.29, 1.82) is 0 Å². The van der Waals surface area contributed by atoms with Crippen LogP contribution in [0.1, 0.15) is 84.8 Å². The van der Waals surface area contributed by atoms with Crippen molar-refractivity contribution in [2.75, 3.05) is 22.9 Å². The van der Waals surface area contributed by atoms with Crippen LogP contribution in [0.5, 0.6) is 0 Å². The molecule has 0 saturated heterocycles. The van der Waals surface area contributed by atoms with Gasteiger partial charge in [0.15, 0.2) is 0 Å². The molecule has 0 atom stereocenters. The minimum atomic E-state index is -4.62. The van der Waals surface area contributed by atoms with Gasteiger partial charge in [-0.05, 0) is 106 Å². The van der Waals surface area contributed by atoms with Gasteiger partial charge in [-0.1, -0.05) is 188 Å². The molecule has 0 fully saturated rings. The first kappa shape index (κ1) is 105. The Labute approximate surface area is 831 Å². The minimum Gasteiger partial charge on any atom is -0.406 e. The third-order valence-corrected chi connectivity index (χ3v) is 27.9. The van der Waals surface area contributed by atoms with Crippen molar-refractivity contribution in [1.82, 2.24) is 29.9 Å². The highest BCUT2D eigenvalue weighted by Gasteiger charge is 2.42. The van der Waals surface area contributed by atoms with Gasteiger partial charge in [0.25, 0.3) is 20.0 Å². The summed E-state index contributed by atoms with van der Waals surface area (Å²) in [6.45, 7) is 64.1. The largest absolute Gasteiger partial charge is 0.417 e. The molecule has 12 N–H and O–H groups in total. The predicted octanol–water partition coefficient (Wildman–Crippen LogP) is 34.0. The second-order valence-electron chi connectivity index (χ2n) is 31.6. The van der Waals surface area contributed by atoms with E-state index in [0.717, 1.165) is 132 Å². The van der Waals surface area contributed by atoms with Crippen LogP contribution in [0.15, 0.2) is 202 Å². The number of rotatable bonds is 9. The number of halogens is 18. The quantitative estimate of drug-likeness (QED) is 0.0582. The Morgan fingerprint density at radius 3 is 0.583 bits per heavy atom. The number of alkyl halides is 18. The molecule has 18 nitrogen and oxygen atoms in total. The smallest absolute Gasteiger partial charge is 0.406 e. The van der Waals surface area contributed by atoms with Crippen molar-refractivity contribution in [3.63, 3.8) is 0 Å². The van der Waals surface area contributed by atoms with E-state index in [9.17, 15) is 79.0 Å². The normalized spacial score (nSPS) is 11.5. The third kappa shape index (κ3) is 22.3. The molecular weight excluding hydrogens is 2010 g/mol. The van der Waals surface area contributed by atoms with Gasteiger partial charge in [0.05, 0.1) is 130 Å². The standard InChI is InChI=1S/2C18H12F3N3S.C17H11F3N4S.C17H11F3N2S.2C16H10F3N3S/c1-9-15-13(18(19,20)21)8-14(24-17(15)25-16(9)23-3)12-6-4-11(5-7-12)10(2)22;1-9(2)10-4-6-11(7-5-10)13-8-12(18(19,20)21)14-15(22)17(23-3)25-16(14)24-13;1-8(21)9-3-5-10(6-4-9)12-7-11(17(18,19)20)13-14(22)16(23-2)25-15(13)24-12;1-9-4-6-11(7-5-9)13-8-12(17(18,19)20)14-10(2)15(21-3)23-16(14)22-13;2*1-8-3-5-9(6-4-8)11-7-10(16(17,18)19)12-13(20)15(21-2)23-14(12)22-11/h4-8H,2,22H2,1H3;4-8H,1,22H2,2H3;3-7H,1,21-22H2;4-8H,1-2H3;2*3-7H,20H2,1H3. The maximum absolute atomic E-state index is 13.5. The summed E-state index contributed by atoms with van der Waals surface area (Å²) < 4.78 is 243. The second kappa shape index (κ2) is 41.1. The molecule has 18 rings (SSSR count). The molecule has 42 heteroatoms. The van der Waals surface area contributed by atoms with Gasteiger partial charge >= 0.3 is 37.1 Å². The first-order valence-corrected chi connectivity index (χ1v) is 46.1. The monoisotopic (exact) mass is 2080 g/mol. The summed E-state index contributed by atoms with van der Waals surface area (Å²) >= 11 is 5.44. The van der Waals surface area contributed by atoms with Crippen molar-refractivity contribution in [2.45, 2.75) is 78.6 Å². The Morgan fingerprint density at radius 1 is 0.257 bits per heavy atom. The molecule has 12 aromatic heterocycles. The average molecular weight is 2080 g/mol. The van der Waals surface area contributed by atoms with Crippen LogP contribution in [0.2, 0.25) is 0 Å². The fourth-order valence-corrected chi connectivity index (χ4v) is 20.1. The Kier molecular flexibility index (Phi) is 30.0. The molecular formula is C102H66F18N18S6. The zero-order valence-electron chi connectivity index (χ0n) is 75.0. The molecule has 0 aliphatic heterocycles. The molecule has 12 heterocycles. The number of nitrogens with zero attached hydrogens (tertiary/aromatic N) is 12. The number of fused-ring (bicyclic) bond motifs is 6. The molecule has 0 spiro atoms. The minimum absolute atomic E-state index is 0.0000659. The molecule has 0 amide bonds. The number of pyridine rings is 6. The van der Waals surface area contributed by atoms with E-state index in [1.807, 2.05) is 64.1 Å². The summed E-state index contributed by atoms with van der Waals surface area (Å²) in [7, 11) is 0. The highest BCUT2D eigenvalue weighted by molar-refractivity contribution is 7.25. The van der Waals surface area contributed by atoms with Gasteiger partial charge in [0.2, 0.25) is 10.0 Å². The number of nitrogen functional groups attached to an aromatic ring is 4. The maximum atomic E-state index is 13.5. The van der Waals surface area contributed by atoms with E-state index >= 15 is 0 Å². The highest BCUT2D eigenvalue weighted by atomic mass is 32.1. The Hall–Kier alpha value is -16.3. The van der Waals surface area contributed by atoms with Gasteiger partial charge in [-0.2, -0.15) is 79.0 Å². The number of nitrogens with two attached hydrogens (primary N) is 6. The van der Waals surface area contributed by atoms with Crippen LogP contribution >= 0.6 is 68.0 Å². The van der Waals surface area contributed by atoms with E-state index in [1.54, 1.807) is 109 Å². The number of aromatic nitrogens is 6. The molecule has 0 radical (unpaired) electrons. The van der Waals surface area contributed by atoms with Crippen LogP contribution < -0.4 is 34.4 Å². The number of thiophene rings is 6. The van der Waals surface area contributed by atoms with Crippen LogP contribution in [0.25, 0.3) is 175 Å². The fourth-order valence-electron chi connectivity index (χ4n) is 14.5. The molecule has 0 bridgehead atoms. The predicted molar refractivity (Wildman–Crippen MR) is 540 cm³/mol. The van der Waals surface area contributed by atoms with Gasteiger partial charge in [-0.15, -0.1) is 68.0 Å². The zero-order valence-corrected chi connectivity index (χ0v) is 79.9. The summed E-state index contributed by atoms with van der Waals surface area (Å²) in [5.74, 6) is 0. The van der Waals surface area contributed by atoms with E-state index in [1.165, 1.54) is 13.8 Å². The van der Waals surface area contributed by atoms with Gasteiger partial charge in [0, 0.05) is 77.1 Å². The second-order valence-corrected chi connectivity index (χ2v) is 37.4. The number of allylic oxidation sites excluding steroid dienone is 1. The molecule has 0 unspecified atom stereocenters. The number of anilines is 4. The SMILES string of the molecule is [C-]#[N+]c1sc2nc(-c3ccc(C(=C)C)cc3)cc(C(F)(F)F)c2c1N.[C-]#[N+]c1sc2nc(-c3ccc(C(=C)N)cc3)cc(C(F)(F)F)c2c1C.[C-]#[N+]c1sc2nc(-c3ccc(C(=C)N)cc3)cc(C(F)(F)F)c2c1N.[C-]#[N+]c1sc2nc(-c3ccc(C)cc3)cc(C(F)(F)F)c2c1C.[C-]#[N+]c1sc2nc(-c3ccc(C)cc3)cc(C(F)(F)F)c2c1N.[C-]#[N+]c1sc2nc(-c3ccc(C)cc3)cc(C(F)(F)F)c2c1N. The van der Waals surface area contributed by atoms with Gasteiger partial charge < -0.3 is 34.4 Å². The van der Waals surface area contributed by atoms with Gasteiger partial charge in [-0.25, -0.2) is 59.0 Å². The van der Waals surface area contributed by atoms with Crippen molar-refractivity contribution in [2.24, 2.45) is 11.5 Å². The summed E-state index contributed by atoms with van der Waals surface area (Å²) in [6.07, 6.45) is -27.4. The molecule has 6 aromatic carbocycles. The molecule has 0 aliphatic rings. The fraction of sp³-hybridized carbons (Fsp3) is 0.118. The zero-order chi connectivity index (χ0) is 105. The first-order chi connectivity index (χ1) is 67.6. The maximum Gasteiger partial charge on any atom is 0.417 e. The average Bonchev–Trinajstić information content (AvgIpc) is 1.60. The summed E-state index contributed by atoms with van der Waals surface area (Å²) in [5, 5.41) is -0.234. The van der Waals surface area contributed by atoms with Crippen molar-refractivity contribution in [3.8, 4) is 67.5 Å². The third-order valence-electron chi connectivity index (χ3n) is 21.7. The molecule has 0 aliphatic carbocycles. The van der Waals surface area contributed by atoms with Crippen LogP contribution in [0, 0.1) is 74.1 Å². The highest BCUT2D eigenvalue weighted by Crippen LogP contribution is 2.54. The lowest BCUT2D eigenvalue weighted by Crippen LogP contribution is -2.07. The van der Waals surface area contributed by atoms with E-state index in [2.05, 4.69) is 78.7 Å². The lowest BCUT2D eigenvalue weighted by Gasteiger charge is -2.12. The van der Waals surface area contributed by atoms with Gasteiger partial charge in [-0.3, -0.25) is 0 Å². The van der Waals surface area contributed by atoms with Crippen molar-refractivity contribution in [3.05, 3.63) is 348 Å². The van der Waals surface area contributed by atoms with Crippen LogP contribution in [0.4, 0.5) is 132 Å². The van der Waals surface area contributed by atoms with Crippen molar-refractivity contribution < 1.29 is 79.0 Å². The number of aryl methyl sites for hydroxylation is 5. The molecule has 0 saturated carbocycles. The molecule has 144 heavy (non-hydrogen) atoms. The Morgan fingerprint density at radius 2 is 0.417 bits per heavy atom. The lowest BCUT2D eigenvalue weighted by atomic mass is 10.0. The summed E-state index contributed by atoms with van der Waals surface area (Å²) in [4.78, 5) is 46.0. The number of hydrogen-bond donors (Lipinski definition) is 6. The molecule has 726 valence electrons. The molecule has 18 aromatic rings. The summed E-state index contributed by atoms with van der Waals surface area (Å²) in [5.41, 5.74) is 40.6. The van der Waals surface area contributed by atoms with E-state index < -0.39 is 70.4 Å². The van der Waals surface area contributed by atoms with Crippen LogP contribution in [-0.4, -0.2) is 29.9 Å². The summed E-state index contributed by atoms with van der Waals surface area (Å²) in [6, 6.07) is 47.5. The van der Waals surface area contributed by atoms with Crippen LogP contribution in [-0.2, 0) is 37.1 Å². The number of benzene rings is 6. The Bertz CT molecular complexity index is 7640.